The SMILES string of the molecule is Cc1ncc([C@H](CC(=O)O)CC(F)(F)CCCCc2nc3c(cc2C2CC2)CCCN3)cn1. The molecule has 3 heterocycles. The van der Waals surface area contributed by atoms with Crippen LogP contribution in [0.3, 0.4) is 0 Å². The molecule has 1 fully saturated rings. The van der Waals surface area contributed by atoms with Gasteiger partial charge in [-0.25, -0.2) is 23.7 Å². The van der Waals surface area contributed by atoms with Gasteiger partial charge in [-0.2, -0.15) is 0 Å². The number of rotatable bonds is 11. The Balaban J connectivity index is 1.34. The van der Waals surface area contributed by atoms with Crippen molar-refractivity contribution in [2.24, 2.45) is 0 Å². The minimum atomic E-state index is -2.95. The van der Waals surface area contributed by atoms with Crippen LogP contribution in [0.2, 0.25) is 0 Å². The number of fused-ring (bicyclic) bond motifs is 1. The molecule has 178 valence electrons. The molecule has 1 aliphatic carbocycles. The summed E-state index contributed by atoms with van der Waals surface area (Å²) in [6.45, 7) is 2.63. The van der Waals surface area contributed by atoms with Crippen molar-refractivity contribution in [1.82, 2.24) is 15.0 Å². The van der Waals surface area contributed by atoms with Crippen LogP contribution in [0.15, 0.2) is 18.5 Å². The lowest BCUT2D eigenvalue weighted by Gasteiger charge is -2.23. The minimum absolute atomic E-state index is 0.266. The first-order valence-corrected chi connectivity index (χ1v) is 12.0. The van der Waals surface area contributed by atoms with Gasteiger partial charge in [0.2, 0.25) is 5.92 Å². The maximum Gasteiger partial charge on any atom is 0.303 e. The van der Waals surface area contributed by atoms with E-state index in [1.165, 1.54) is 36.4 Å². The van der Waals surface area contributed by atoms with Crippen LogP contribution >= 0.6 is 0 Å². The van der Waals surface area contributed by atoms with Crippen molar-refractivity contribution in [2.45, 2.75) is 88.9 Å². The lowest BCUT2D eigenvalue weighted by Crippen LogP contribution is -2.22. The van der Waals surface area contributed by atoms with E-state index in [-0.39, 0.29) is 12.8 Å². The number of pyridine rings is 1. The topological polar surface area (TPSA) is 88.0 Å². The monoisotopic (exact) mass is 458 g/mol. The Hall–Kier alpha value is -2.64. The number of aromatic nitrogens is 3. The van der Waals surface area contributed by atoms with Gasteiger partial charge in [-0.3, -0.25) is 4.79 Å². The highest BCUT2D eigenvalue weighted by Crippen LogP contribution is 2.43. The molecule has 8 heteroatoms. The normalized spacial score (nSPS) is 16.7. The van der Waals surface area contributed by atoms with Gasteiger partial charge in [-0.1, -0.05) is 6.07 Å². The summed E-state index contributed by atoms with van der Waals surface area (Å²) < 4.78 is 29.6. The molecule has 1 saturated carbocycles. The van der Waals surface area contributed by atoms with Gasteiger partial charge in [0, 0.05) is 43.4 Å². The van der Waals surface area contributed by atoms with E-state index in [4.69, 9.17) is 4.98 Å². The van der Waals surface area contributed by atoms with Crippen LogP contribution in [0.4, 0.5) is 14.6 Å². The Labute approximate surface area is 193 Å². The Morgan fingerprint density at radius 2 is 2.03 bits per heavy atom. The van der Waals surface area contributed by atoms with E-state index >= 15 is 0 Å². The van der Waals surface area contributed by atoms with E-state index in [0.717, 1.165) is 30.9 Å². The summed E-state index contributed by atoms with van der Waals surface area (Å²) >= 11 is 0. The third-order valence-electron chi connectivity index (χ3n) is 6.59. The number of anilines is 1. The molecule has 0 unspecified atom stereocenters. The largest absolute Gasteiger partial charge is 0.481 e. The van der Waals surface area contributed by atoms with Crippen molar-refractivity contribution in [3.8, 4) is 0 Å². The number of unbranched alkanes of at least 4 members (excludes halogenated alkanes) is 1. The molecule has 2 aromatic rings. The first-order valence-electron chi connectivity index (χ1n) is 12.0. The molecule has 33 heavy (non-hydrogen) atoms. The average Bonchev–Trinajstić information content (AvgIpc) is 3.61. The summed E-state index contributed by atoms with van der Waals surface area (Å²) in [4.78, 5) is 24.2. The summed E-state index contributed by atoms with van der Waals surface area (Å²) in [5.74, 6) is -2.80. The van der Waals surface area contributed by atoms with Crippen LogP contribution < -0.4 is 5.32 Å². The fraction of sp³-hybridized carbons (Fsp3) is 0.600. The highest BCUT2D eigenvalue weighted by atomic mass is 19.3. The molecule has 0 radical (unpaired) electrons. The van der Waals surface area contributed by atoms with Gasteiger partial charge in [0.05, 0.1) is 6.42 Å². The fourth-order valence-electron chi connectivity index (χ4n) is 4.66. The number of aliphatic carboxylic acids is 1. The maximum atomic E-state index is 14.8. The number of nitrogens with one attached hydrogen (secondary N) is 1. The summed E-state index contributed by atoms with van der Waals surface area (Å²) in [6, 6.07) is 2.29. The first kappa shape index (κ1) is 23.5. The van der Waals surface area contributed by atoms with E-state index in [9.17, 15) is 18.7 Å². The Morgan fingerprint density at radius 3 is 2.73 bits per heavy atom. The molecule has 2 aliphatic rings. The second-order valence-corrected chi connectivity index (χ2v) is 9.46. The molecule has 4 rings (SSSR count). The molecule has 1 atom stereocenters. The van der Waals surface area contributed by atoms with Crippen molar-refractivity contribution in [3.05, 3.63) is 46.7 Å². The molecule has 0 bridgehead atoms. The van der Waals surface area contributed by atoms with Crippen LogP contribution in [-0.2, 0) is 17.6 Å². The molecule has 6 nitrogen and oxygen atoms in total. The van der Waals surface area contributed by atoms with E-state index in [0.29, 0.717) is 36.6 Å². The molecule has 0 amide bonds. The van der Waals surface area contributed by atoms with Crippen molar-refractivity contribution in [2.75, 3.05) is 11.9 Å². The van der Waals surface area contributed by atoms with E-state index in [2.05, 4.69) is 21.4 Å². The maximum absolute atomic E-state index is 14.8. The van der Waals surface area contributed by atoms with Crippen LogP contribution in [0, 0.1) is 6.92 Å². The smallest absolute Gasteiger partial charge is 0.303 e. The summed E-state index contributed by atoms with van der Waals surface area (Å²) in [6.07, 6.45) is 8.02. The van der Waals surface area contributed by atoms with Crippen LogP contribution in [-0.4, -0.2) is 38.5 Å². The molecule has 2 aromatic heterocycles. The fourth-order valence-corrected chi connectivity index (χ4v) is 4.66. The number of aryl methyl sites for hydroxylation is 3. The summed E-state index contributed by atoms with van der Waals surface area (Å²) in [5.41, 5.74) is 4.09. The van der Waals surface area contributed by atoms with Gasteiger partial charge >= 0.3 is 5.97 Å². The highest BCUT2D eigenvalue weighted by Gasteiger charge is 2.34. The van der Waals surface area contributed by atoms with Crippen molar-refractivity contribution in [1.29, 1.82) is 0 Å². The van der Waals surface area contributed by atoms with E-state index < -0.39 is 24.2 Å². The molecular formula is C25H32F2N4O2. The van der Waals surface area contributed by atoms with Crippen molar-refractivity contribution >= 4 is 11.8 Å². The number of halogens is 2. The van der Waals surface area contributed by atoms with Gasteiger partial charge in [-0.05, 0) is 74.5 Å². The lowest BCUT2D eigenvalue weighted by molar-refractivity contribution is -0.138. The number of alkyl halides is 2. The van der Waals surface area contributed by atoms with Gasteiger partial charge in [-0.15, -0.1) is 0 Å². The summed E-state index contributed by atoms with van der Waals surface area (Å²) in [5, 5.41) is 12.6. The quantitative estimate of drug-likeness (QED) is 0.438. The van der Waals surface area contributed by atoms with Crippen LogP contribution in [0.5, 0.6) is 0 Å². The van der Waals surface area contributed by atoms with Gasteiger partial charge in [0.25, 0.3) is 0 Å². The Bertz CT molecular complexity index is 977. The van der Waals surface area contributed by atoms with E-state index in [1.54, 1.807) is 6.92 Å². The molecule has 0 aromatic carbocycles. The molecular weight excluding hydrogens is 426 g/mol. The van der Waals surface area contributed by atoms with Gasteiger partial charge < -0.3 is 10.4 Å². The number of carboxylic acids is 1. The zero-order valence-corrected chi connectivity index (χ0v) is 19.1. The molecule has 1 aliphatic heterocycles. The Morgan fingerprint density at radius 1 is 1.27 bits per heavy atom. The number of hydrogen-bond donors (Lipinski definition) is 2. The second kappa shape index (κ2) is 10.1. The third kappa shape index (κ3) is 6.45. The summed E-state index contributed by atoms with van der Waals surface area (Å²) in [7, 11) is 0. The van der Waals surface area contributed by atoms with Crippen LogP contribution in [0.25, 0.3) is 0 Å². The number of hydrogen-bond acceptors (Lipinski definition) is 5. The minimum Gasteiger partial charge on any atom is -0.481 e. The highest BCUT2D eigenvalue weighted by molar-refractivity contribution is 5.68. The number of carbonyl (C=O) groups is 1. The van der Waals surface area contributed by atoms with Crippen molar-refractivity contribution in [3.63, 3.8) is 0 Å². The predicted molar refractivity (Wildman–Crippen MR) is 122 cm³/mol. The second-order valence-electron chi connectivity index (χ2n) is 9.46. The third-order valence-corrected chi connectivity index (χ3v) is 6.59. The molecule has 0 saturated heterocycles. The number of carboxylic acid groups (broad SMARTS) is 1. The van der Waals surface area contributed by atoms with Crippen LogP contribution in [0.1, 0.15) is 91.4 Å². The zero-order valence-electron chi connectivity index (χ0n) is 19.1. The molecule has 0 spiro atoms. The lowest BCUT2D eigenvalue weighted by atomic mass is 9.89. The van der Waals surface area contributed by atoms with E-state index in [1.807, 2.05) is 0 Å². The Kier molecular flexibility index (Phi) is 7.20. The molecule has 2 N–H and O–H groups in total. The van der Waals surface area contributed by atoms with Crippen molar-refractivity contribution < 1.29 is 18.7 Å². The van der Waals surface area contributed by atoms with Gasteiger partial charge in [0.1, 0.15) is 11.6 Å². The van der Waals surface area contributed by atoms with Gasteiger partial charge in [0.15, 0.2) is 0 Å². The predicted octanol–water partition coefficient (Wildman–Crippen LogP) is 5.41. The first-order chi connectivity index (χ1) is 15.8. The standard InChI is InChI=1S/C25H32F2N4O2/c1-16-29-14-20(15-30-16)19(12-23(32)33)13-25(26,27)9-3-2-6-22-21(17-7-8-17)11-18-5-4-10-28-24(18)31-22/h11,14-15,17,19H,2-10,12-13H2,1H3,(H,28,31)(H,32,33)/t19-/m1/s1. The number of nitrogens with zero attached hydrogens (tertiary/aromatic N) is 3. The average molecular weight is 459 g/mol. The zero-order chi connectivity index (χ0) is 23.4.